The zero-order valence-corrected chi connectivity index (χ0v) is 18.9. The highest BCUT2D eigenvalue weighted by molar-refractivity contribution is 7.10. The van der Waals surface area contributed by atoms with Gasteiger partial charge in [-0.05, 0) is 24.3 Å². The van der Waals surface area contributed by atoms with Crippen molar-refractivity contribution in [1.29, 1.82) is 0 Å². The lowest BCUT2D eigenvalue weighted by molar-refractivity contribution is -0.00324. The Balaban J connectivity index is 1.47. The van der Waals surface area contributed by atoms with E-state index in [2.05, 4.69) is 20.1 Å². The largest absolute Gasteiger partial charge is 0.474 e. The molecule has 2 aromatic rings. The maximum Gasteiger partial charge on any atom is 0.276 e. The van der Waals surface area contributed by atoms with Gasteiger partial charge in [-0.25, -0.2) is 0 Å². The minimum Gasteiger partial charge on any atom is -0.474 e. The summed E-state index contributed by atoms with van der Waals surface area (Å²) in [4.78, 5) is 41.4. The second-order valence-electron chi connectivity index (χ2n) is 8.74. The minimum absolute atomic E-state index is 0.0327. The number of amides is 2. The standard InChI is InChI=1S/C23H27N4O4P/c28-20-16(22(29)25-10-14-6-2-1-3-7-14)12-26-13-18-24-11-15-8-4-5-9-17(15)27(18)23(30)19(26)21(20)31-32/h1-3,6-7,12,15,17-18,24H,4-5,8-11,13,32H2,(H,25,29). The molecule has 3 aliphatic rings. The average molecular weight is 454 g/mol. The fourth-order valence-electron chi connectivity index (χ4n) is 5.31. The second kappa shape index (κ2) is 8.68. The number of hydrogen-bond donors (Lipinski definition) is 2. The van der Waals surface area contributed by atoms with E-state index in [4.69, 9.17) is 4.52 Å². The van der Waals surface area contributed by atoms with Gasteiger partial charge < -0.3 is 19.3 Å². The Kier molecular flexibility index (Phi) is 5.74. The highest BCUT2D eigenvalue weighted by Crippen LogP contribution is 2.36. The summed E-state index contributed by atoms with van der Waals surface area (Å²) in [5, 5.41) is 6.29. The second-order valence-corrected chi connectivity index (χ2v) is 8.97. The smallest absolute Gasteiger partial charge is 0.276 e. The molecule has 32 heavy (non-hydrogen) atoms. The fourth-order valence-corrected chi connectivity index (χ4v) is 5.53. The predicted molar refractivity (Wildman–Crippen MR) is 122 cm³/mol. The minimum atomic E-state index is -0.575. The lowest BCUT2D eigenvalue weighted by Gasteiger charge is -2.51. The first-order valence-electron chi connectivity index (χ1n) is 11.1. The van der Waals surface area contributed by atoms with Crippen molar-refractivity contribution in [2.45, 2.75) is 51.0 Å². The number of carbonyl (C=O) groups is 2. The van der Waals surface area contributed by atoms with Crippen molar-refractivity contribution < 1.29 is 14.1 Å². The first-order chi connectivity index (χ1) is 15.6. The number of nitrogens with one attached hydrogen (secondary N) is 2. The van der Waals surface area contributed by atoms with Crippen LogP contribution in [-0.2, 0) is 13.1 Å². The number of fused-ring (bicyclic) bond motifs is 4. The lowest BCUT2D eigenvalue weighted by Crippen LogP contribution is -2.66. The summed E-state index contributed by atoms with van der Waals surface area (Å²) in [6, 6.07) is 9.66. The van der Waals surface area contributed by atoms with Gasteiger partial charge in [-0.2, -0.15) is 0 Å². The monoisotopic (exact) mass is 454 g/mol. The number of carbonyl (C=O) groups excluding carboxylic acids is 2. The Morgan fingerprint density at radius 3 is 2.75 bits per heavy atom. The maximum atomic E-state index is 13.6. The number of benzene rings is 1. The Labute approximate surface area is 188 Å². The van der Waals surface area contributed by atoms with E-state index in [-0.39, 0.29) is 35.1 Å². The first kappa shape index (κ1) is 21.2. The molecule has 0 bridgehead atoms. The first-order valence-corrected chi connectivity index (χ1v) is 11.6. The molecule has 5 rings (SSSR count). The molecular formula is C23H27N4O4P. The molecule has 0 spiro atoms. The average Bonchev–Trinajstić information content (AvgIpc) is 2.83. The Morgan fingerprint density at radius 2 is 1.97 bits per heavy atom. The molecule has 2 amide bonds. The van der Waals surface area contributed by atoms with E-state index in [0.29, 0.717) is 19.0 Å². The van der Waals surface area contributed by atoms with E-state index in [9.17, 15) is 14.4 Å². The van der Waals surface area contributed by atoms with Gasteiger partial charge in [0.1, 0.15) is 11.7 Å². The van der Waals surface area contributed by atoms with Crippen LogP contribution >= 0.6 is 9.47 Å². The third-order valence-electron chi connectivity index (χ3n) is 6.88. The summed E-state index contributed by atoms with van der Waals surface area (Å²) in [5.41, 5.74) is 0.540. The molecular weight excluding hydrogens is 427 g/mol. The quantitative estimate of drug-likeness (QED) is 0.689. The maximum absolute atomic E-state index is 13.6. The van der Waals surface area contributed by atoms with Crippen molar-refractivity contribution in [3.63, 3.8) is 0 Å². The van der Waals surface area contributed by atoms with Crippen molar-refractivity contribution in [3.05, 3.63) is 63.6 Å². The van der Waals surface area contributed by atoms with Crippen LogP contribution in [0.15, 0.2) is 41.3 Å². The molecule has 2 N–H and O–H groups in total. The van der Waals surface area contributed by atoms with Gasteiger partial charge in [-0.1, -0.05) is 43.2 Å². The van der Waals surface area contributed by atoms with Crippen LogP contribution in [0, 0.1) is 5.92 Å². The molecule has 1 saturated heterocycles. The van der Waals surface area contributed by atoms with Crippen LogP contribution in [0.1, 0.15) is 52.1 Å². The van der Waals surface area contributed by atoms with Crippen LogP contribution in [0.3, 0.4) is 0 Å². The summed E-state index contributed by atoms with van der Waals surface area (Å²) in [6.07, 6.45) is 5.72. The highest BCUT2D eigenvalue weighted by atomic mass is 31.0. The highest BCUT2D eigenvalue weighted by Gasteiger charge is 2.45. The normalized spacial score (nSPS) is 24.2. The van der Waals surface area contributed by atoms with Gasteiger partial charge in [0.2, 0.25) is 5.43 Å². The van der Waals surface area contributed by atoms with Crippen LogP contribution < -0.4 is 20.6 Å². The van der Waals surface area contributed by atoms with Gasteiger partial charge in [0.05, 0.1) is 16.0 Å². The Hall–Kier alpha value is -2.70. The molecule has 3 heterocycles. The molecule has 168 valence electrons. The van der Waals surface area contributed by atoms with Crippen LogP contribution in [0.2, 0.25) is 0 Å². The van der Waals surface area contributed by atoms with E-state index >= 15 is 0 Å². The summed E-state index contributed by atoms with van der Waals surface area (Å²) >= 11 is 0. The molecule has 1 aliphatic carbocycles. The molecule has 4 atom stereocenters. The van der Waals surface area contributed by atoms with E-state index in [1.54, 1.807) is 4.57 Å². The third kappa shape index (κ3) is 3.61. The number of nitrogens with zero attached hydrogens (tertiary/aromatic N) is 2. The van der Waals surface area contributed by atoms with Crippen molar-refractivity contribution >= 4 is 21.3 Å². The number of rotatable bonds is 4. The van der Waals surface area contributed by atoms with Gasteiger partial charge >= 0.3 is 0 Å². The van der Waals surface area contributed by atoms with Crippen molar-refractivity contribution in [3.8, 4) is 5.75 Å². The zero-order chi connectivity index (χ0) is 22.2. The molecule has 9 heteroatoms. The Bertz CT molecular complexity index is 1100. The third-order valence-corrected chi connectivity index (χ3v) is 7.12. The number of pyridine rings is 1. The van der Waals surface area contributed by atoms with E-state index < -0.39 is 11.3 Å². The summed E-state index contributed by atoms with van der Waals surface area (Å²) in [5.74, 6) is -0.359. The molecule has 1 aromatic heterocycles. The van der Waals surface area contributed by atoms with Gasteiger partial charge in [-0.15, -0.1) is 0 Å². The summed E-state index contributed by atoms with van der Waals surface area (Å²) in [6.45, 7) is 1.65. The summed E-state index contributed by atoms with van der Waals surface area (Å²) < 4.78 is 7.01. The van der Waals surface area contributed by atoms with Crippen molar-refractivity contribution in [2.75, 3.05) is 6.54 Å². The van der Waals surface area contributed by atoms with Crippen LogP contribution in [0.25, 0.3) is 0 Å². The SMILES string of the molecule is O=C(NCc1ccccc1)c1cn2c(c(OP)c1=O)C(=O)N1C(C2)NCC2CCCCC21. The van der Waals surface area contributed by atoms with Gasteiger partial charge in [-0.3, -0.25) is 19.7 Å². The summed E-state index contributed by atoms with van der Waals surface area (Å²) in [7, 11) is 2.05. The van der Waals surface area contributed by atoms with Gasteiger partial charge in [0.15, 0.2) is 11.4 Å². The number of hydrogen-bond acceptors (Lipinski definition) is 5. The van der Waals surface area contributed by atoms with Crippen LogP contribution in [-0.4, -0.2) is 40.0 Å². The molecule has 2 aliphatic heterocycles. The van der Waals surface area contributed by atoms with Crippen LogP contribution in [0.5, 0.6) is 5.75 Å². The lowest BCUT2D eigenvalue weighted by atomic mass is 9.81. The molecule has 0 radical (unpaired) electrons. The fraction of sp³-hybridized carbons (Fsp3) is 0.435. The zero-order valence-electron chi connectivity index (χ0n) is 17.8. The van der Waals surface area contributed by atoms with Crippen molar-refractivity contribution in [1.82, 2.24) is 20.1 Å². The number of aromatic nitrogens is 1. The Morgan fingerprint density at radius 1 is 1.19 bits per heavy atom. The molecule has 2 fully saturated rings. The molecule has 1 saturated carbocycles. The van der Waals surface area contributed by atoms with Gasteiger partial charge in [0.25, 0.3) is 11.8 Å². The molecule has 1 aromatic carbocycles. The van der Waals surface area contributed by atoms with Crippen molar-refractivity contribution in [2.24, 2.45) is 5.92 Å². The topological polar surface area (TPSA) is 92.7 Å². The van der Waals surface area contributed by atoms with E-state index in [0.717, 1.165) is 31.4 Å². The van der Waals surface area contributed by atoms with Gasteiger partial charge in [0, 0.05) is 25.3 Å². The predicted octanol–water partition coefficient (Wildman–Crippen LogP) is 1.89. The van der Waals surface area contributed by atoms with Crippen LogP contribution in [0.4, 0.5) is 0 Å². The molecule has 4 unspecified atom stereocenters. The van der Waals surface area contributed by atoms with E-state index in [1.807, 2.05) is 35.2 Å². The molecule has 8 nitrogen and oxygen atoms in total. The van der Waals surface area contributed by atoms with E-state index in [1.165, 1.54) is 12.6 Å².